The van der Waals surface area contributed by atoms with Crippen LogP contribution in [-0.4, -0.2) is 25.1 Å². The third-order valence-corrected chi connectivity index (χ3v) is 4.75. The molecule has 140 valence electrons. The molecule has 4 rings (SSSR count). The van der Waals surface area contributed by atoms with Crippen LogP contribution in [0.25, 0.3) is 10.3 Å². The summed E-state index contributed by atoms with van der Waals surface area (Å²) in [7, 11) is 0. The van der Waals surface area contributed by atoms with Gasteiger partial charge in [-0.2, -0.15) is 19.1 Å². The maximum Gasteiger partial charge on any atom is 0.331 e. The average molecular weight is 401 g/mol. The number of anilines is 2. The number of fused-ring (bicyclic) bond motifs is 1. The Morgan fingerprint density at radius 3 is 2.57 bits per heavy atom. The normalized spacial score (nSPS) is 11.5. The van der Waals surface area contributed by atoms with Crippen LogP contribution in [0.3, 0.4) is 0 Å². The van der Waals surface area contributed by atoms with Crippen molar-refractivity contribution >= 4 is 33.3 Å². The van der Waals surface area contributed by atoms with Gasteiger partial charge in [-0.3, -0.25) is 5.10 Å². The molecule has 0 saturated carbocycles. The first-order valence-electron chi connectivity index (χ1n) is 7.89. The fourth-order valence-electron chi connectivity index (χ4n) is 2.49. The van der Waals surface area contributed by atoms with Gasteiger partial charge in [0, 0.05) is 17.3 Å². The van der Waals surface area contributed by atoms with Gasteiger partial charge in [0.1, 0.15) is 16.6 Å². The van der Waals surface area contributed by atoms with Crippen LogP contribution in [0.5, 0.6) is 0 Å². The molecule has 0 spiro atoms. The number of hydrogen-bond donors (Lipinski definition) is 2. The van der Waals surface area contributed by atoms with E-state index >= 15 is 0 Å². The van der Waals surface area contributed by atoms with Crippen LogP contribution in [0.1, 0.15) is 22.1 Å². The second kappa shape index (κ2) is 6.58. The number of aryl methyl sites for hydroxylation is 1. The van der Waals surface area contributed by atoms with E-state index in [1.54, 1.807) is 13.0 Å². The first-order valence-corrected chi connectivity index (χ1v) is 8.70. The van der Waals surface area contributed by atoms with Gasteiger partial charge in [0.2, 0.25) is 5.82 Å². The summed E-state index contributed by atoms with van der Waals surface area (Å²) in [5.41, 5.74) is 0.250. The number of thiazole rings is 1. The number of rotatable bonds is 4. The predicted octanol–water partition coefficient (Wildman–Crippen LogP) is 4.01. The highest BCUT2D eigenvalue weighted by Gasteiger charge is 2.38. The number of nitrogens with one attached hydrogen (secondary N) is 2. The fraction of sp³-hybridized carbons (Fsp3) is 0.118. The van der Waals surface area contributed by atoms with Gasteiger partial charge in [0.05, 0.1) is 0 Å². The molecular weight excluding hydrogens is 391 g/mol. The van der Waals surface area contributed by atoms with Crippen molar-refractivity contribution in [2.75, 3.05) is 5.32 Å². The molecule has 2 N–H and O–H groups in total. The summed E-state index contributed by atoms with van der Waals surface area (Å²) < 4.78 is 43.4. The number of aromatic nitrogens is 5. The molecule has 0 amide bonds. The number of aromatic amines is 1. The third kappa shape index (κ3) is 3.14. The highest BCUT2D eigenvalue weighted by atomic mass is 32.1. The van der Waals surface area contributed by atoms with E-state index in [0.29, 0.717) is 10.5 Å². The Hall–Kier alpha value is -3.52. The third-order valence-electron chi connectivity index (χ3n) is 3.79. The van der Waals surface area contributed by atoms with Crippen molar-refractivity contribution in [2.24, 2.45) is 0 Å². The van der Waals surface area contributed by atoms with Crippen LogP contribution in [0.4, 0.5) is 24.8 Å². The molecule has 0 bridgehead atoms. The summed E-state index contributed by atoms with van der Waals surface area (Å²) in [6.07, 6.45) is 0. The molecule has 0 unspecified atom stereocenters. The largest absolute Gasteiger partial charge is 0.331 e. The molecule has 0 aliphatic rings. The molecule has 28 heavy (non-hydrogen) atoms. The molecule has 0 saturated heterocycles. The average Bonchev–Trinajstić information content (AvgIpc) is 3.27. The lowest BCUT2D eigenvalue weighted by Crippen LogP contribution is -2.20. The SMILES string of the molecule is Cc1cc(Nc2nc(C(F)(F)c3ccc(F)cc3)nc3nc(C#N)sc23)n[nH]1. The van der Waals surface area contributed by atoms with E-state index in [1.807, 2.05) is 6.07 Å². The number of alkyl halides is 2. The molecular formula is C17H10F3N7S. The van der Waals surface area contributed by atoms with Gasteiger partial charge in [-0.25, -0.2) is 19.3 Å². The first kappa shape index (κ1) is 17.9. The monoisotopic (exact) mass is 401 g/mol. The van der Waals surface area contributed by atoms with Gasteiger partial charge < -0.3 is 5.32 Å². The van der Waals surface area contributed by atoms with Crippen molar-refractivity contribution in [3.63, 3.8) is 0 Å². The Balaban J connectivity index is 1.86. The molecule has 0 radical (unpaired) electrons. The standard InChI is InChI=1S/C17H10F3N7S/c1-8-6-11(27-26-8)22-14-13-15(23-12(7-21)28-13)25-16(24-14)17(19,20)9-2-4-10(18)5-3-9/h2-6H,1H3,(H2,22,24,25,26,27). The van der Waals surface area contributed by atoms with Crippen molar-refractivity contribution in [2.45, 2.75) is 12.8 Å². The van der Waals surface area contributed by atoms with E-state index in [2.05, 4.69) is 30.5 Å². The molecule has 0 aliphatic carbocycles. The zero-order valence-corrected chi connectivity index (χ0v) is 15.0. The van der Waals surface area contributed by atoms with Crippen molar-refractivity contribution in [1.29, 1.82) is 5.26 Å². The van der Waals surface area contributed by atoms with Crippen LogP contribution in [0.2, 0.25) is 0 Å². The second-order valence-electron chi connectivity index (χ2n) is 5.82. The molecule has 0 atom stereocenters. The van der Waals surface area contributed by atoms with Gasteiger partial charge >= 0.3 is 5.92 Å². The summed E-state index contributed by atoms with van der Waals surface area (Å²) in [6, 6.07) is 7.34. The highest BCUT2D eigenvalue weighted by molar-refractivity contribution is 7.19. The minimum atomic E-state index is -3.60. The summed E-state index contributed by atoms with van der Waals surface area (Å²) in [6.45, 7) is 1.78. The molecule has 7 nitrogen and oxygen atoms in total. The topological polar surface area (TPSA) is 103 Å². The molecule has 1 aromatic carbocycles. The Morgan fingerprint density at radius 2 is 1.93 bits per heavy atom. The van der Waals surface area contributed by atoms with Crippen LogP contribution in [-0.2, 0) is 5.92 Å². The van der Waals surface area contributed by atoms with Crippen LogP contribution >= 0.6 is 11.3 Å². The quantitative estimate of drug-likeness (QED) is 0.536. The van der Waals surface area contributed by atoms with Gasteiger partial charge in [-0.1, -0.05) is 11.3 Å². The number of benzene rings is 1. The Labute approximate surface area is 159 Å². The fourth-order valence-corrected chi connectivity index (χ4v) is 3.24. The zero-order valence-electron chi connectivity index (χ0n) is 14.2. The van der Waals surface area contributed by atoms with Crippen molar-refractivity contribution in [1.82, 2.24) is 25.1 Å². The van der Waals surface area contributed by atoms with E-state index in [9.17, 15) is 13.2 Å². The highest BCUT2D eigenvalue weighted by Crippen LogP contribution is 2.37. The maximum atomic E-state index is 15.0. The lowest BCUT2D eigenvalue weighted by atomic mass is 10.1. The molecule has 0 fully saturated rings. The number of nitriles is 1. The van der Waals surface area contributed by atoms with E-state index in [-0.39, 0.29) is 16.5 Å². The van der Waals surface area contributed by atoms with Crippen molar-refractivity contribution < 1.29 is 13.2 Å². The lowest BCUT2D eigenvalue weighted by Gasteiger charge is -2.16. The summed E-state index contributed by atoms with van der Waals surface area (Å²) in [5.74, 6) is -4.65. The molecule has 3 aromatic heterocycles. The molecule has 0 aliphatic heterocycles. The van der Waals surface area contributed by atoms with Crippen LogP contribution in [0, 0.1) is 24.1 Å². The molecule has 3 heterocycles. The lowest BCUT2D eigenvalue weighted by molar-refractivity contribution is 0.0332. The summed E-state index contributed by atoms with van der Waals surface area (Å²) in [5, 5.41) is 18.7. The second-order valence-corrected chi connectivity index (χ2v) is 6.82. The van der Waals surface area contributed by atoms with Gasteiger partial charge in [0.25, 0.3) is 0 Å². The van der Waals surface area contributed by atoms with Crippen LogP contribution < -0.4 is 5.32 Å². The van der Waals surface area contributed by atoms with Gasteiger partial charge in [-0.05, 0) is 31.2 Å². The summed E-state index contributed by atoms with van der Waals surface area (Å²) >= 11 is 0.975. The zero-order chi connectivity index (χ0) is 19.9. The number of hydrogen-bond acceptors (Lipinski definition) is 7. The molecule has 4 aromatic rings. The van der Waals surface area contributed by atoms with E-state index in [4.69, 9.17) is 5.26 Å². The van der Waals surface area contributed by atoms with Gasteiger partial charge in [-0.15, -0.1) is 0 Å². The first-order chi connectivity index (χ1) is 13.4. The minimum Gasteiger partial charge on any atom is -0.322 e. The van der Waals surface area contributed by atoms with Crippen molar-refractivity contribution in [3.05, 3.63) is 58.2 Å². The molecule has 11 heteroatoms. The van der Waals surface area contributed by atoms with Crippen LogP contribution in [0.15, 0.2) is 30.3 Å². The van der Waals surface area contributed by atoms with E-state index in [0.717, 1.165) is 41.3 Å². The van der Waals surface area contributed by atoms with E-state index in [1.165, 1.54) is 0 Å². The Bertz CT molecular complexity index is 1210. The number of H-pyrrole nitrogens is 1. The number of nitrogens with zero attached hydrogens (tertiary/aromatic N) is 5. The minimum absolute atomic E-state index is 0.0388. The smallest absolute Gasteiger partial charge is 0.322 e. The Morgan fingerprint density at radius 1 is 1.18 bits per heavy atom. The number of halogens is 3. The predicted molar refractivity (Wildman–Crippen MR) is 95.9 cm³/mol. The van der Waals surface area contributed by atoms with Gasteiger partial charge in [0.15, 0.2) is 22.3 Å². The van der Waals surface area contributed by atoms with Crippen molar-refractivity contribution in [3.8, 4) is 6.07 Å². The van der Waals surface area contributed by atoms with E-state index < -0.39 is 23.1 Å². The maximum absolute atomic E-state index is 15.0. The summed E-state index contributed by atoms with van der Waals surface area (Å²) in [4.78, 5) is 11.8. The Kier molecular flexibility index (Phi) is 4.20.